The van der Waals surface area contributed by atoms with Crippen molar-refractivity contribution in [1.82, 2.24) is 14.8 Å². The minimum atomic E-state index is -0.0212. The summed E-state index contributed by atoms with van der Waals surface area (Å²) in [7, 11) is 0. The van der Waals surface area contributed by atoms with Gasteiger partial charge in [0.05, 0.1) is 6.61 Å². The third-order valence-corrected chi connectivity index (χ3v) is 3.67. The van der Waals surface area contributed by atoms with Gasteiger partial charge in [-0.1, -0.05) is 6.07 Å². The van der Waals surface area contributed by atoms with E-state index < -0.39 is 0 Å². The summed E-state index contributed by atoms with van der Waals surface area (Å²) in [6.45, 7) is 4.01. The highest BCUT2D eigenvalue weighted by Crippen LogP contribution is 2.11. The average molecular weight is 328 g/mol. The number of aromatic nitrogens is 1. The summed E-state index contributed by atoms with van der Waals surface area (Å²) >= 11 is 3.28. The van der Waals surface area contributed by atoms with Crippen molar-refractivity contribution < 1.29 is 9.90 Å². The maximum atomic E-state index is 12.3. The van der Waals surface area contributed by atoms with Crippen LogP contribution in [0.15, 0.2) is 22.8 Å². The SMILES string of the molecule is O=C(c1cccc(Br)n1)N1CCCN(CCO)CC1. The number of carbonyl (C=O) groups excluding carboxylic acids is 1. The van der Waals surface area contributed by atoms with Crippen LogP contribution in [0.3, 0.4) is 0 Å². The molecule has 0 aromatic carbocycles. The fourth-order valence-corrected chi connectivity index (χ4v) is 2.57. The van der Waals surface area contributed by atoms with E-state index in [9.17, 15) is 4.79 Å². The van der Waals surface area contributed by atoms with E-state index in [-0.39, 0.29) is 12.5 Å². The lowest BCUT2D eigenvalue weighted by molar-refractivity contribution is 0.0754. The molecule has 1 saturated heterocycles. The molecule has 0 atom stereocenters. The van der Waals surface area contributed by atoms with Gasteiger partial charge in [0, 0.05) is 26.2 Å². The number of hydrogen-bond acceptors (Lipinski definition) is 4. The van der Waals surface area contributed by atoms with Crippen LogP contribution < -0.4 is 0 Å². The summed E-state index contributed by atoms with van der Waals surface area (Å²) in [5.74, 6) is -0.0212. The van der Waals surface area contributed by atoms with Crippen LogP contribution in [0.5, 0.6) is 0 Å². The highest BCUT2D eigenvalue weighted by Gasteiger charge is 2.20. The standard InChI is InChI=1S/C13H18BrN3O2/c14-12-4-1-3-11(15-12)13(19)17-6-2-5-16(7-8-17)9-10-18/h1,3-4,18H,2,5-10H2. The molecular formula is C13H18BrN3O2. The first-order valence-corrected chi connectivity index (χ1v) is 7.25. The quantitative estimate of drug-likeness (QED) is 0.841. The molecule has 1 aromatic rings. The van der Waals surface area contributed by atoms with E-state index in [4.69, 9.17) is 5.11 Å². The number of rotatable bonds is 3. The molecule has 1 fully saturated rings. The maximum Gasteiger partial charge on any atom is 0.272 e. The number of amides is 1. The Morgan fingerprint density at radius 2 is 2.16 bits per heavy atom. The van der Waals surface area contributed by atoms with E-state index in [0.717, 1.165) is 26.1 Å². The largest absolute Gasteiger partial charge is 0.395 e. The van der Waals surface area contributed by atoms with Gasteiger partial charge in [-0.15, -0.1) is 0 Å². The van der Waals surface area contributed by atoms with Crippen molar-refractivity contribution in [2.24, 2.45) is 0 Å². The number of aliphatic hydroxyl groups is 1. The Hall–Kier alpha value is -0.980. The lowest BCUT2D eigenvalue weighted by atomic mass is 10.3. The van der Waals surface area contributed by atoms with Gasteiger partial charge < -0.3 is 10.0 Å². The topological polar surface area (TPSA) is 56.7 Å². The van der Waals surface area contributed by atoms with Gasteiger partial charge in [0.25, 0.3) is 5.91 Å². The molecule has 0 saturated carbocycles. The minimum Gasteiger partial charge on any atom is -0.395 e. The van der Waals surface area contributed by atoms with Crippen LogP contribution >= 0.6 is 15.9 Å². The first-order valence-electron chi connectivity index (χ1n) is 6.46. The molecule has 0 bridgehead atoms. The third kappa shape index (κ3) is 3.99. The Labute approximate surface area is 121 Å². The molecule has 1 aliphatic heterocycles. The van der Waals surface area contributed by atoms with Crippen LogP contribution in [-0.2, 0) is 0 Å². The molecule has 0 unspecified atom stereocenters. The molecule has 1 aliphatic rings. The lowest BCUT2D eigenvalue weighted by Gasteiger charge is -2.21. The number of β-amino-alcohol motifs (C(OH)–C–C–N with tert-alkyl or cyclic N) is 1. The van der Waals surface area contributed by atoms with E-state index in [1.807, 2.05) is 17.0 Å². The molecule has 1 N–H and O–H groups in total. The number of carbonyl (C=O) groups is 1. The van der Waals surface area contributed by atoms with Crippen molar-refractivity contribution in [3.05, 3.63) is 28.5 Å². The van der Waals surface area contributed by atoms with Gasteiger partial charge in [0.1, 0.15) is 10.3 Å². The zero-order valence-corrected chi connectivity index (χ0v) is 12.3. The van der Waals surface area contributed by atoms with Gasteiger partial charge in [-0.25, -0.2) is 4.98 Å². The summed E-state index contributed by atoms with van der Waals surface area (Å²) in [6, 6.07) is 5.37. The number of halogens is 1. The molecule has 2 heterocycles. The second-order valence-electron chi connectivity index (χ2n) is 4.56. The predicted octanol–water partition coefficient (Wildman–Crippen LogP) is 0.984. The van der Waals surface area contributed by atoms with Crippen molar-refractivity contribution in [3.63, 3.8) is 0 Å². The zero-order chi connectivity index (χ0) is 13.7. The summed E-state index contributed by atoms with van der Waals surface area (Å²) in [5, 5.41) is 8.96. The number of hydrogen-bond donors (Lipinski definition) is 1. The summed E-state index contributed by atoms with van der Waals surface area (Å²) in [5.41, 5.74) is 0.477. The molecule has 0 spiro atoms. The predicted molar refractivity (Wildman–Crippen MR) is 76.0 cm³/mol. The average Bonchev–Trinajstić information content (AvgIpc) is 2.64. The van der Waals surface area contributed by atoms with E-state index in [0.29, 0.717) is 23.4 Å². The third-order valence-electron chi connectivity index (χ3n) is 3.23. The van der Waals surface area contributed by atoms with Gasteiger partial charge in [-0.05, 0) is 41.0 Å². The lowest BCUT2D eigenvalue weighted by Crippen LogP contribution is -2.36. The van der Waals surface area contributed by atoms with E-state index in [2.05, 4.69) is 25.8 Å². The highest BCUT2D eigenvalue weighted by atomic mass is 79.9. The normalized spacial score (nSPS) is 17.3. The Morgan fingerprint density at radius 1 is 1.32 bits per heavy atom. The van der Waals surface area contributed by atoms with Gasteiger partial charge >= 0.3 is 0 Å². The molecule has 0 aliphatic carbocycles. The van der Waals surface area contributed by atoms with Gasteiger partial charge in [-0.3, -0.25) is 9.69 Å². The van der Waals surface area contributed by atoms with Gasteiger partial charge in [0.2, 0.25) is 0 Å². The van der Waals surface area contributed by atoms with Gasteiger partial charge in [-0.2, -0.15) is 0 Å². The maximum absolute atomic E-state index is 12.3. The second-order valence-corrected chi connectivity index (χ2v) is 5.37. The molecule has 2 rings (SSSR count). The van der Waals surface area contributed by atoms with Crippen LogP contribution in [0.1, 0.15) is 16.9 Å². The zero-order valence-electron chi connectivity index (χ0n) is 10.8. The van der Waals surface area contributed by atoms with E-state index in [1.54, 1.807) is 6.07 Å². The molecule has 19 heavy (non-hydrogen) atoms. The Bertz CT molecular complexity index is 442. The summed E-state index contributed by atoms with van der Waals surface area (Å²) in [6.07, 6.45) is 0.930. The number of aliphatic hydroxyl groups excluding tert-OH is 1. The Morgan fingerprint density at radius 3 is 2.89 bits per heavy atom. The van der Waals surface area contributed by atoms with Crippen LogP contribution in [0.25, 0.3) is 0 Å². The van der Waals surface area contributed by atoms with E-state index >= 15 is 0 Å². The van der Waals surface area contributed by atoms with Crippen molar-refractivity contribution >= 4 is 21.8 Å². The van der Waals surface area contributed by atoms with Crippen LogP contribution in [0.4, 0.5) is 0 Å². The van der Waals surface area contributed by atoms with E-state index in [1.165, 1.54) is 0 Å². The molecule has 1 aromatic heterocycles. The molecule has 1 amide bonds. The highest BCUT2D eigenvalue weighted by molar-refractivity contribution is 9.10. The van der Waals surface area contributed by atoms with Crippen molar-refractivity contribution in [3.8, 4) is 0 Å². The smallest absolute Gasteiger partial charge is 0.272 e. The minimum absolute atomic E-state index is 0.0212. The summed E-state index contributed by atoms with van der Waals surface area (Å²) in [4.78, 5) is 20.6. The first kappa shape index (κ1) is 14.4. The number of nitrogens with zero attached hydrogens (tertiary/aromatic N) is 3. The van der Waals surface area contributed by atoms with Crippen molar-refractivity contribution in [2.75, 3.05) is 39.3 Å². The monoisotopic (exact) mass is 327 g/mol. The van der Waals surface area contributed by atoms with Crippen LogP contribution in [0, 0.1) is 0 Å². The first-order chi connectivity index (χ1) is 9.20. The van der Waals surface area contributed by atoms with Crippen molar-refractivity contribution in [2.45, 2.75) is 6.42 Å². The fourth-order valence-electron chi connectivity index (χ4n) is 2.23. The molecule has 0 radical (unpaired) electrons. The molecular weight excluding hydrogens is 310 g/mol. The van der Waals surface area contributed by atoms with Gasteiger partial charge in [0.15, 0.2) is 0 Å². The fraction of sp³-hybridized carbons (Fsp3) is 0.538. The Balaban J connectivity index is 2.00. The molecule has 6 heteroatoms. The second kappa shape index (κ2) is 6.98. The Kier molecular flexibility index (Phi) is 5.30. The van der Waals surface area contributed by atoms with Crippen LogP contribution in [0.2, 0.25) is 0 Å². The van der Waals surface area contributed by atoms with Crippen LogP contribution in [-0.4, -0.2) is 65.1 Å². The number of pyridine rings is 1. The molecule has 104 valence electrons. The summed E-state index contributed by atoms with van der Waals surface area (Å²) < 4.78 is 0.676. The van der Waals surface area contributed by atoms with Crippen molar-refractivity contribution in [1.29, 1.82) is 0 Å². The molecule has 5 nitrogen and oxygen atoms in total.